The Labute approximate surface area is 93.2 Å². The quantitative estimate of drug-likeness (QED) is 0.686. The first-order chi connectivity index (χ1) is 7.59. The molecule has 0 heterocycles. The van der Waals surface area contributed by atoms with Crippen LogP contribution in [0.25, 0.3) is 11.1 Å². The summed E-state index contributed by atoms with van der Waals surface area (Å²) in [6, 6.07) is 9.64. The Morgan fingerprint density at radius 3 is 1.94 bits per heavy atom. The highest BCUT2D eigenvalue weighted by atomic mass is 16.3. The summed E-state index contributed by atoms with van der Waals surface area (Å²) in [5.41, 5.74) is 1.43. The number of rotatable bonds is 1. The molecule has 3 nitrogen and oxygen atoms in total. The molecule has 2 aromatic carbocycles. The van der Waals surface area contributed by atoms with Crippen LogP contribution in [0.15, 0.2) is 36.4 Å². The number of hydrogen-bond acceptors (Lipinski definition) is 3. The van der Waals surface area contributed by atoms with Gasteiger partial charge in [0.1, 0.15) is 17.2 Å². The summed E-state index contributed by atoms with van der Waals surface area (Å²) in [7, 11) is 0. The monoisotopic (exact) mass is 216 g/mol. The van der Waals surface area contributed by atoms with Crippen LogP contribution >= 0.6 is 0 Å². The number of aromatic hydroxyl groups is 3. The van der Waals surface area contributed by atoms with Crippen LogP contribution in [0.1, 0.15) is 5.56 Å². The molecule has 0 atom stereocenters. The van der Waals surface area contributed by atoms with Crippen molar-refractivity contribution in [3.05, 3.63) is 42.0 Å². The van der Waals surface area contributed by atoms with Crippen molar-refractivity contribution in [1.82, 2.24) is 0 Å². The molecule has 3 N–H and O–H groups in total. The molecule has 2 aromatic rings. The number of benzene rings is 2. The summed E-state index contributed by atoms with van der Waals surface area (Å²) in [6.07, 6.45) is 0. The molecule has 0 aliphatic rings. The molecule has 82 valence electrons. The third-order valence-electron chi connectivity index (χ3n) is 2.41. The number of phenols is 3. The topological polar surface area (TPSA) is 60.7 Å². The SMILES string of the molecule is Cc1cc(O)c(-c2ccccc2O)c(O)c1. The minimum atomic E-state index is -0.0426. The number of para-hydroxylation sites is 1. The highest BCUT2D eigenvalue weighted by Gasteiger charge is 2.13. The second-order valence-corrected chi connectivity index (χ2v) is 3.70. The smallest absolute Gasteiger partial charge is 0.127 e. The maximum Gasteiger partial charge on any atom is 0.127 e. The van der Waals surface area contributed by atoms with E-state index in [2.05, 4.69) is 0 Å². The summed E-state index contributed by atoms with van der Waals surface area (Å²) in [5, 5.41) is 29.2. The maximum absolute atomic E-state index is 9.78. The normalized spacial score (nSPS) is 10.3. The first kappa shape index (κ1) is 10.4. The molecule has 0 fully saturated rings. The summed E-state index contributed by atoms with van der Waals surface area (Å²) in [5.74, 6) is -0.0602. The van der Waals surface area contributed by atoms with Gasteiger partial charge in [0.25, 0.3) is 0 Å². The van der Waals surface area contributed by atoms with Gasteiger partial charge in [-0.25, -0.2) is 0 Å². The van der Waals surface area contributed by atoms with E-state index in [1.165, 1.54) is 6.07 Å². The minimum Gasteiger partial charge on any atom is -0.507 e. The lowest BCUT2D eigenvalue weighted by molar-refractivity contribution is 0.449. The Hall–Kier alpha value is -2.16. The highest BCUT2D eigenvalue weighted by molar-refractivity contribution is 5.80. The van der Waals surface area contributed by atoms with Crippen molar-refractivity contribution in [3.8, 4) is 28.4 Å². The van der Waals surface area contributed by atoms with Crippen LogP contribution in [0.4, 0.5) is 0 Å². The van der Waals surface area contributed by atoms with E-state index in [9.17, 15) is 15.3 Å². The Morgan fingerprint density at radius 2 is 1.38 bits per heavy atom. The van der Waals surface area contributed by atoms with Crippen molar-refractivity contribution >= 4 is 0 Å². The van der Waals surface area contributed by atoms with Gasteiger partial charge in [-0.2, -0.15) is 0 Å². The number of aryl methyl sites for hydroxylation is 1. The first-order valence-electron chi connectivity index (χ1n) is 4.90. The van der Waals surface area contributed by atoms with Crippen LogP contribution in [-0.4, -0.2) is 15.3 Å². The summed E-state index contributed by atoms with van der Waals surface area (Å²) in [4.78, 5) is 0. The maximum atomic E-state index is 9.78. The van der Waals surface area contributed by atoms with Crippen molar-refractivity contribution < 1.29 is 15.3 Å². The van der Waals surface area contributed by atoms with Gasteiger partial charge in [0, 0.05) is 5.56 Å². The van der Waals surface area contributed by atoms with Crippen LogP contribution < -0.4 is 0 Å². The zero-order valence-electron chi connectivity index (χ0n) is 8.81. The highest BCUT2D eigenvalue weighted by Crippen LogP contribution is 2.41. The van der Waals surface area contributed by atoms with Crippen molar-refractivity contribution in [1.29, 1.82) is 0 Å². The third kappa shape index (κ3) is 1.67. The Kier molecular flexibility index (Phi) is 2.44. The van der Waals surface area contributed by atoms with Gasteiger partial charge >= 0.3 is 0 Å². The van der Waals surface area contributed by atoms with Gasteiger partial charge in [0.2, 0.25) is 0 Å². The van der Waals surface area contributed by atoms with E-state index in [-0.39, 0.29) is 22.8 Å². The van der Waals surface area contributed by atoms with Gasteiger partial charge in [-0.15, -0.1) is 0 Å². The van der Waals surface area contributed by atoms with Gasteiger partial charge < -0.3 is 15.3 Å². The lowest BCUT2D eigenvalue weighted by Crippen LogP contribution is -1.83. The van der Waals surface area contributed by atoms with Crippen LogP contribution in [0, 0.1) is 6.92 Å². The van der Waals surface area contributed by atoms with Crippen molar-refractivity contribution in [3.63, 3.8) is 0 Å². The molecule has 16 heavy (non-hydrogen) atoms. The molecular formula is C13H12O3. The molecule has 2 rings (SSSR count). The lowest BCUT2D eigenvalue weighted by atomic mass is 10.0. The second kappa shape index (κ2) is 3.77. The molecule has 0 unspecified atom stereocenters. The van der Waals surface area contributed by atoms with Crippen LogP contribution in [0.2, 0.25) is 0 Å². The fourth-order valence-electron chi connectivity index (χ4n) is 1.71. The van der Waals surface area contributed by atoms with Gasteiger partial charge in [-0.05, 0) is 30.7 Å². The summed E-state index contributed by atoms with van der Waals surface area (Å²) < 4.78 is 0. The molecule has 0 spiro atoms. The van der Waals surface area contributed by atoms with E-state index in [1.807, 2.05) is 0 Å². The van der Waals surface area contributed by atoms with Crippen LogP contribution in [-0.2, 0) is 0 Å². The molecule has 0 saturated carbocycles. The predicted octanol–water partition coefficient (Wildman–Crippen LogP) is 2.78. The van der Waals surface area contributed by atoms with E-state index in [1.54, 1.807) is 37.3 Å². The Morgan fingerprint density at radius 1 is 0.812 bits per heavy atom. The van der Waals surface area contributed by atoms with Gasteiger partial charge in [-0.1, -0.05) is 18.2 Å². The number of phenolic OH excluding ortho intramolecular Hbond substituents is 3. The fraction of sp³-hybridized carbons (Fsp3) is 0.0769. The predicted molar refractivity (Wildman–Crippen MR) is 61.6 cm³/mol. The Balaban J connectivity index is 2.70. The van der Waals surface area contributed by atoms with Crippen molar-refractivity contribution in [2.45, 2.75) is 6.92 Å². The average molecular weight is 216 g/mol. The van der Waals surface area contributed by atoms with E-state index < -0.39 is 0 Å². The molecule has 0 saturated heterocycles. The lowest BCUT2D eigenvalue weighted by Gasteiger charge is -2.10. The number of hydrogen-bond donors (Lipinski definition) is 3. The molecular weight excluding hydrogens is 204 g/mol. The Bertz CT molecular complexity index is 509. The molecule has 0 bridgehead atoms. The third-order valence-corrected chi connectivity index (χ3v) is 2.41. The molecule has 0 aromatic heterocycles. The van der Waals surface area contributed by atoms with Gasteiger partial charge in [0.05, 0.1) is 5.56 Å². The van der Waals surface area contributed by atoms with Crippen LogP contribution in [0.3, 0.4) is 0 Å². The minimum absolute atomic E-state index is 0.0250. The van der Waals surface area contributed by atoms with Gasteiger partial charge in [-0.3, -0.25) is 0 Å². The standard InChI is InChI=1S/C13H12O3/c1-8-6-11(15)13(12(16)7-8)9-4-2-3-5-10(9)14/h2-7,14-16H,1H3. The molecule has 0 aliphatic heterocycles. The molecule has 0 amide bonds. The summed E-state index contributed by atoms with van der Waals surface area (Å²) >= 11 is 0. The first-order valence-corrected chi connectivity index (χ1v) is 4.90. The van der Waals surface area contributed by atoms with E-state index in [0.717, 1.165) is 5.56 Å². The summed E-state index contributed by atoms with van der Waals surface area (Å²) in [6.45, 7) is 1.77. The second-order valence-electron chi connectivity index (χ2n) is 3.70. The zero-order valence-corrected chi connectivity index (χ0v) is 8.81. The van der Waals surface area contributed by atoms with E-state index >= 15 is 0 Å². The van der Waals surface area contributed by atoms with E-state index in [4.69, 9.17) is 0 Å². The van der Waals surface area contributed by atoms with E-state index in [0.29, 0.717) is 5.56 Å². The molecule has 0 radical (unpaired) electrons. The van der Waals surface area contributed by atoms with Crippen molar-refractivity contribution in [2.24, 2.45) is 0 Å². The fourth-order valence-corrected chi connectivity index (χ4v) is 1.71. The van der Waals surface area contributed by atoms with Crippen LogP contribution in [0.5, 0.6) is 17.2 Å². The van der Waals surface area contributed by atoms with Crippen molar-refractivity contribution in [2.75, 3.05) is 0 Å². The molecule has 0 aliphatic carbocycles. The average Bonchev–Trinajstić information content (AvgIpc) is 2.19. The van der Waals surface area contributed by atoms with Gasteiger partial charge in [0.15, 0.2) is 0 Å². The zero-order chi connectivity index (χ0) is 11.7. The largest absolute Gasteiger partial charge is 0.507 e. The molecule has 3 heteroatoms.